The van der Waals surface area contributed by atoms with Crippen LogP contribution in [0.1, 0.15) is 12.8 Å². The zero-order valence-electron chi connectivity index (χ0n) is 7.07. The van der Waals surface area contributed by atoms with E-state index in [9.17, 15) is 8.78 Å². The maximum Gasteiger partial charge on any atom is 0.267 e. The lowest BCUT2D eigenvalue weighted by molar-refractivity contribution is -0.230. The van der Waals surface area contributed by atoms with Crippen LogP contribution < -0.4 is 5.32 Å². The van der Waals surface area contributed by atoms with E-state index in [1.54, 1.807) is 0 Å². The predicted molar refractivity (Wildman–Crippen MR) is 40.3 cm³/mol. The third-order valence-corrected chi connectivity index (χ3v) is 3.15. The molecule has 0 aromatic heterocycles. The van der Waals surface area contributed by atoms with Crippen molar-refractivity contribution in [3.05, 3.63) is 0 Å². The van der Waals surface area contributed by atoms with Gasteiger partial charge in [0.05, 0.1) is 0 Å². The molecule has 4 heteroatoms. The number of hydrogen-bond donors (Lipinski definition) is 1. The molecule has 2 rings (SSSR count). The molecule has 1 saturated heterocycles. The summed E-state index contributed by atoms with van der Waals surface area (Å²) in [7, 11) is 1.38. The molecule has 0 bridgehead atoms. The lowest BCUT2D eigenvalue weighted by Gasteiger charge is -2.59. The molecule has 1 aliphatic heterocycles. The van der Waals surface area contributed by atoms with Crippen LogP contribution in [0.3, 0.4) is 0 Å². The van der Waals surface area contributed by atoms with Crippen LogP contribution in [0.5, 0.6) is 0 Å². The van der Waals surface area contributed by atoms with Crippen molar-refractivity contribution in [2.75, 3.05) is 20.2 Å². The van der Waals surface area contributed by atoms with Gasteiger partial charge in [-0.2, -0.15) is 0 Å². The lowest BCUT2D eigenvalue weighted by Crippen LogP contribution is -2.69. The van der Waals surface area contributed by atoms with Crippen LogP contribution in [0, 0.1) is 5.41 Å². The van der Waals surface area contributed by atoms with Gasteiger partial charge in [0.2, 0.25) is 0 Å². The smallest absolute Gasteiger partial charge is 0.267 e. The monoisotopic (exact) mass is 177 g/mol. The number of rotatable bonds is 2. The molecular weight excluding hydrogens is 164 g/mol. The van der Waals surface area contributed by atoms with Gasteiger partial charge in [-0.1, -0.05) is 0 Å². The van der Waals surface area contributed by atoms with Crippen molar-refractivity contribution in [3.8, 4) is 0 Å². The van der Waals surface area contributed by atoms with Gasteiger partial charge in [-0.3, -0.25) is 0 Å². The Morgan fingerprint density at radius 3 is 2.17 bits per heavy atom. The highest BCUT2D eigenvalue weighted by molar-refractivity contribution is 5.12. The summed E-state index contributed by atoms with van der Waals surface area (Å²) >= 11 is 0. The van der Waals surface area contributed by atoms with Crippen molar-refractivity contribution >= 4 is 0 Å². The van der Waals surface area contributed by atoms with E-state index >= 15 is 0 Å². The molecule has 0 unspecified atom stereocenters. The Morgan fingerprint density at radius 1 is 1.33 bits per heavy atom. The van der Waals surface area contributed by atoms with Crippen molar-refractivity contribution in [3.63, 3.8) is 0 Å². The molecule has 0 amide bonds. The Balaban J connectivity index is 1.98. The van der Waals surface area contributed by atoms with Gasteiger partial charge in [-0.15, -0.1) is 0 Å². The van der Waals surface area contributed by atoms with Gasteiger partial charge < -0.3 is 10.1 Å². The van der Waals surface area contributed by atoms with Crippen molar-refractivity contribution in [2.45, 2.75) is 24.9 Å². The number of halogens is 2. The first-order chi connectivity index (χ1) is 5.63. The highest BCUT2D eigenvalue weighted by atomic mass is 19.3. The van der Waals surface area contributed by atoms with Crippen LogP contribution in [0.25, 0.3) is 0 Å². The second kappa shape index (κ2) is 2.39. The Hall–Kier alpha value is -0.220. The maximum absolute atomic E-state index is 12.5. The summed E-state index contributed by atoms with van der Waals surface area (Å²) in [5, 5.41) is 3.10. The molecule has 2 aliphatic rings. The lowest BCUT2D eigenvalue weighted by atomic mass is 9.56. The van der Waals surface area contributed by atoms with Crippen LogP contribution in [-0.2, 0) is 4.74 Å². The van der Waals surface area contributed by atoms with E-state index in [0.29, 0.717) is 12.8 Å². The van der Waals surface area contributed by atoms with Gasteiger partial charge in [0.1, 0.15) is 5.60 Å². The molecule has 1 spiro atoms. The molecule has 1 N–H and O–H groups in total. The molecule has 1 heterocycles. The predicted octanol–water partition coefficient (Wildman–Crippen LogP) is 1.02. The fraction of sp³-hybridized carbons (Fsp3) is 1.00. The van der Waals surface area contributed by atoms with Crippen molar-refractivity contribution < 1.29 is 13.5 Å². The van der Waals surface area contributed by atoms with Gasteiger partial charge in [0.15, 0.2) is 0 Å². The van der Waals surface area contributed by atoms with E-state index < -0.39 is 12.0 Å². The van der Waals surface area contributed by atoms with E-state index in [0.717, 1.165) is 13.1 Å². The molecule has 0 atom stereocenters. The molecule has 1 saturated carbocycles. The number of methoxy groups -OCH3 is 1. The Bertz CT molecular complexity index is 183. The van der Waals surface area contributed by atoms with Crippen LogP contribution in [0.15, 0.2) is 0 Å². The number of nitrogens with one attached hydrogen (secondary N) is 1. The van der Waals surface area contributed by atoms with Crippen LogP contribution in [0.2, 0.25) is 0 Å². The van der Waals surface area contributed by atoms with Crippen LogP contribution in [-0.4, -0.2) is 32.2 Å². The molecule has 2 fully saturated rings. The average Bonchev–Trinajstić information content (AvgIpc) is 1.82. The molecule has 1 aliphatic carbocycles. The third kappa shape index (κ3) is 0.910. The molecule has 2 nitrogen and oxygen atoms in total. The van der Waals surface area contributed by atoms with Gasteiger partial charge in [-0.25, -0.2) is 8.78 Å². The van der Waals surface area contributed by atoms with Crippen molar-refractivity contribution in [1.29, 1.82) is 0 Å². The topological polar surface area (TPSA) is 21.3 Å². The standard InChI is InChI=1S/C8H13F2NO/c1-12-8(6(9)10)2-7(3-8)4-11-5-7/h6,11H,2-5H2,1H3. The zero-order valence-corrected chi connectivity index (χ0v) is 7.07. The fourth-order valence-electron chi connectivity index (χ4n) is 2.33. The summed E-state index contributed by atoms with van der Waals surface area (Å²) in [6.07, 6.45) is -1.31. The quantitative estimate of drug-likeness (QED) is 0.680. The van der Waals surface area contributed by atoms with E-state index in [1.807, 2.05) is 0 Å². The first kappa shape index (κ1) is 8.38. The molecule has 70 valence electrons. The van der Waals surface area contributed by atoms with E-state index in [2.05, 4.69) is 5.32 Å². The highest BCUT2D eigenvalue weighted by Crippen LogP contribution is 2.55. The Morgan fingerprint density at radius 2 is 1.92 bits per heavy atom. The van der Waals surface area contributed by atoms with E-state index in [4.69, 9.17) is 4.74 Å². The van der Waals surface area contributed by atoms with E-state index in [-0.39, 0.29) is 5.41 Å². The largest absolute Gasteiger partial charge is 0.372 e. The molecule has 0 aromatic carbocycles. The summed E-state index contributed by atoms with van der Waals surface area (Å²) in [5.74, 6) is 0. The van der Waals surface area contributed by atoms with Gasteiger partial charge in [0, 0.05) is 25.6 Å². The average molecular weight is 177 g/mol. The summed E-state index contributed by atoms with van der Waals surface area (Å²) in [5.41, 5.74) is -0.978. The second-order valence-electron chi connectivity index (χ2n) is 4.03. The third-order valence-electron chi connectivity index (χ3n) is 3.15. The summed E-state index contributed by atoms with van der Waals surface area (Å²) in [6, 6.07) is 0. The normalized spacial score (nSPS) is 30.0. The first-order valence-electron chi connectivity index (χ1n) is 4.17. The molecule has 0 radical (unpaired) electrons. The number of ether oxygens (including phenoxy) is 1. The van der Waals surface area contributed by atoms with Crippen LogP contribution >= 0.6 is 0 Å². The summed E-state index contributed by atoms with van der Waals surface area (Å²) in [4.78, 5) is 0. The molecule has 12 heavy (non-hydrogen) atoms. The second-order valence-corrected chi connectivity index (χ2v) is 4.03. The van der Waals surface area contributed by atoms with Crippen molar-refractivity contribution in [2.24, 2.45) is 5.41 Å². The Kier molecular flexibility index (Phi) is 1.67. The minimum atomic E-state index is -2.34. The van der Waals surface area contributed by atoms with E-state index in [1.165, 1.54) is 7.11 Å². The highest BCUT2D eigenvalue weighted by Gasteiger charge is 2.62. The summed E-state index contributed by atoms with van der Waals surface area (Å²) < 4.78 is 29.9. The summed E-state index contributed by atoms with van der Waals surface area (Å²) in [6.45, 7) is 1.76. The van der Waals surface area contributed by atoms with Gasteiger partial charge in [0.25, 0.3) is 6.43 Å². The maximum atomic E-state index is 12.5. The fourth-order valence-corrected chi connectivity index (χ4v) is 2.33. The van der Waals surface area contributed by atoms with Crippen LogP contribution in [0.4, 0.5) is 8.78 Å². The minimum absolute atomic E-state index is 0.145. The van der Waals surface area contributed by atoms with Gasteiger partial charge >= 0.3 is 0 Å². The SMILES string of the molecule is COC1(C(F)F)CC2(CNC2)C1. The zero-order chi connectivity index (χ0) is 8.82. The minimum Gasteiger partial charge on any atom is -0.372 e. The molecular formula is C8H13F2NO. The molecule has 0 aromatic rings. The first-order valence-corrected chi connectivity index (χ1v) is 4.17. The number of alkyl halides is 2. The van der Waals surface area contributed by atoms with Gasteiger partial charge in [-0.05, 0) is 12.8 Å². The number of hydrogen-bond acceptors (Lipinski definition) is 2. The van der Waals surface area contributed by atoms with Crippen molar-refractivity contribution in [1.82, 2.24) is 5.32 Å². The Labute approximate surface area is 70.3 Å².